The highest BCUT2D eigenvalue weighted by Crippen LogP contribution is 2.64. The molecule has 4 fully saturated rings. The maximum Gasteiger partial charge on any atom is 0.411 e. The summed E-state index contributed by atoms with van der Waals surface area (Å²) in [5, 5.41) is 2.97. The minimum atomic E-state index is -0.550. The number of rotatable bonds is 3. The number of hydrogen-bond acceptors (Lipinski definition) is 4. The Hall–Kier alpha value is -2.02. The number of alkyl carbamates (subject to hydrolysis) is 1. The van der Waals surface area contributed by atoms with Crippen molar-refractivity contribution in [2.24, 2.45) is 0 Å². The maximum absolute atomic E-state index is 13.7. The van der Waals surface area contributed by atoms with E-state index in [0.717, 1.165) is 0 Å². The number of nitrogens with one attached hydrogen (secondary N) is 1. The largest absolute Gasteiger partial charge is 0.444 e. The highest BCUT2D eigenvalue weighted by atomic mass is 35.5. The van der Waals surface area contributed by atoms with E-state index in [-0.39, 0.29) is 16.1 Å². The van der Waals surface area contributed by atoms with E-state index in [2.05, 4.69) is 5.32 Å². The molecule has 1 unspecified atom stereocenters. The predicted octanol–water partition coefficient (Wildman–Crippen LogP) is 4.17. The van der Waals surface area contributed by atoms with Crippen LogP contribution < -0.4 is 5.32 Å². The Bertz CT molecular complexity index is 803. The highest BCUT2D eigenvalue weighted by molar-refractivity contribution is 6.30. The second-order valence-corrected chi connectivity index (χ2v) is 9.23. The molecule has 1 atom stereocenters. The molecule has 1 aliphatic heterocycles. The number of cyclic esters (lactones) is 1. The molecule has 1 N–H and O–H groups in total. The van der Waals surface area contributed by atoms with Crippen molar-refractivity contribution < 1.29 is 23.5 Å². The van der Waals surface area contributed by atoms with Crippen LogP contribution in [0.3, 0.4) is 0 Å². The van der Waals surface area contributed by atoms with Crippen molar-refractivity contribution in [3.63, 3.8) is 0 Å². The van der Waals surface area contributed by atoms with Gasteiger partial charge >= 0.3 is 12.2 Å². The van der Waals surface area contributed by atoms with Gasteiger partial charge < -0.3 is 14.8 Å². The van der Waals surface area contributed by atoms with Gasteiger partial charge in [-0.15, -0.1) is 0 Å². The molecule has 146 valence electrons. The van der Waals surface area contributed by atoms with Gasteiger partial charge in [-0.1, -0.05) is 17.7 Å². The molecule has 3 saturated carbocycles. The quantitative estimate of drug-likeness (QED) is 0.832. The van der Waals surface area contributed by atoms with Gasteiger partial charge in [0.2, 0.25) is 0 Å². The summed E-state index contributed by atoms with van der Waals surface area (Å²) in [7, 11) is 0. The molecule has 0 aromatic heterocycles. The summed E-state index contributed by atoms with van der Waals surface area (Å²) < 4.78 is 24.5. The fourth-order valence-electron chi connectivity index (χ4n) is 4.41. The Morgan fingerprint density at radius 3 is 2.63 bits per heavy atom. The standard InChI is InChI=1S/C19H22ClFN2O4/c1-17(2,3)27-15(24)22-18-8-19(9-18,10-18)23-7-14(26-16(23)25)11-4-5-12(20)13(21)6-11/h4-6,14H,7-10H2,1-3H3,(H,22,24). The number of halogens is 2. The SMILES string of the molecule is CC(C)(C)OC(=O)NC12CC(N3CC(c4ccc(Cl)c(F)c4)OC3=O)(C1)C2. The zero-order valence-corrected chi connectivity index (χ0v) is 16.2. The molecule has 8 heteroatoms. The molecule has 6 nitrogen and oxygen atoms in total. The van der Waals surface area contributed by atoms with E-state index in [1.54, 1.807) is 11.0 Å². The average molecular weight is 397 g/mol. The van der Waals surface area contributed by atoms with Crippen LogP contribution in [0.1, 0.15) is 51.7 Å². The fraction of sp³-hybridized carbons (Fsp3) is 0.579. The first kappa shape index (κ1) is 18.3. The number of nitrogens with zero attached hydrogens (tertiary/aromatic N) is 1. The van der Waals surface area contributed by atoms with Crippen LogP contribution in [0.5, 0.6) is 0 Å². The minimum Gasteiger partial charge on any atom is -0.444 e. The van der Waals surface area contributed by atoms with Gasteiger partial charge in [-0.05, 0) is 57.7 Å². The smallest absolute Gasteiger partial charge is 0.411 e. The van der Waals surface area contributed by atoms with E-state index >= 15 is 0 Å². The summed E-state index contributed by atoms with van der Waals surface area (Å²) in [5.74, 6) is -0.533. The van der Waals surface area contributed by atoms with E-state index in [1.165, 1.54) is 12.1 Å². The lowest BCUT2D eigenvalue weighted by molar-refractivity contribution is -0.154. The van der Waals surface area contributed by atoms with Crippen molar-refractivity contribution in [1.82, 2.24) is 10.2 Å². The zero-order chi connectivity index (χ0) is 19.6. The normalized spacial score (nSPS) is 31.7. The van der Waals surface area contributed by atoms with E-state index in [0.29, 0.717) is 31.4 Å². The maximum atomic E-state index is 13.7. The van der Waals surface area contributed by atoms with E-state index < -0.39 is 29.7 Å². The molecule has 2 amide bonds. The van der Waals surface area contributed by atoms with Crippen LogP contribution in [-0.2, 0) is 9.47 Å². The van der Waals surface area contributed by atoms with Gasteiger partial charge in [0.25, 0.3) is 0 Å². The van der Waals surface area contributed by atoms with Crippen molar-refractivity contribution in [1.29, 1.82) is 0 Å². The Balaban J connectivity index is 1.37. The second-order valence-electron chi connectivity index (χ2n) is 8.82. The molecule has 0 spiro atoms. The van der Waals surface area contributed by atoms with Crippen LogP contribution in [0.4, 0.5) is 14.0 Å². The number of carbonyl (C=O) groups excluding carboxylic acids is 2. The van der Waals surface area contributed by atoms with Crippen LogP contribution in [0.25, 0.3) is 0 Å². The van der Waals surface area contributed by atoms with Crippen molar-refractivity contribution in [3.05, 3.63) is 34.6 Å². The lowest BCUT2D eigenvalue weighted by atomic mass is 9.43. The van der Waals surface area contributed by atoms with Gasteiger partial charge in [-0.3, -0.25) is 4.90 Å². The van der Waals surface area contributed by atoms with Crippen molar-refractivity contribution in [2.45, 2.75) is 62.8 Å². The molecular weight excluding hydrogens is 375 g/mol. The predicted molar refractivity (Wildman–Crippen MR) is 96.0 cm³/mol. The van der Waals surface area contributed by atoms with Gasteiger partial charge in [-0.25, -0.2) is 14.0 Å². The molecule has 1 heterocycles. The molecule has 3 aliphatic carbocycles. The van der Waals surface area contributed by atoms with Crippen molar-refractivity contribution >= 4 is 23.8 Å². The molecule has 27 heavy (non-hydrogen) atoms. The summed E-state index contributed by atoms with van der Waals surface area (Å²) in [6.45, 7) is 5.81. The summed E-state index contributed by atoms with van der Waals surface area (Å²) in [6, 6.07) is 4.43. The molecule has 0 radical (unpaired) electrons. The topological polar surface area (TPSA) is 67.9 Å². The Morgan fingerprint density at radius 1 is 1.37 bits per heavy atom. The first-order valence-corrected chi connectivity index (χ1v) is 9.33. The number of ether oxygens (including phenoxy) is 2. The first-order valence-electron chi connectivity index (χ1n) is 8.95. The molecule has 5 rings (SSSR count). The summed E-state index contributed by atoms with van der Waals surface area (Å²) in [4.78, 5) is 26.1. The number of hydrogen-bond donors (Lipinski definition) is 1. The lowest BCUT2D eigenvalue weighted by Gasteiger charge is -2.72. The van der Waals surface area contributed by atoms with Crippen LogP contribution in [0, 0.1) is 5.82 Å². The Morgan fingerprint density at radius 2 is 2.04 bits per heavy atom. The van der Waals surface area contributed by atoms with Gasteiger partial charge in [0.15, 0.2) is 0 Å². The molecule has 1 aromatic carbocycles. The zero-order valence-electron chi connectivity index (χ0n) is 15.5. The van der Waals surface area contributed by atoms with Crippen LogP contribution in [0.2, 0.25) is 5.02 Å². The van der Waals surface area contributed by atoms with E-state index in [9.17, 15) is 14.0 Å². The third-order valence-electron chi connectivity index (χ3n) is 5.47. The molecule has 4 aliphatic rings. The molecule has 2 bridgehead atoms. The summed E-state index contributed by atoms with van der Waals surface area (Å²) in [6.07, 6.45) is 0.672. The number of carbonyl (C=O) groups is 2. The number of benzene rings is 1. The van der Waals surface area contributed by atoms with Gasteiger partial charge in [0.1, 0.15) is 17.5 Å². The Labute approximate surface area is 161 Å². The first-order chi connectivity index (χ1) is 12.5. The monoisotopic (exact) mass is 396 g/mol. The van der Waals surface area contributed by atoms with Crippen molar-refractivity contribution in [3.8, 4) is 0 Å². The van der Waals surface area contributed by atoms with Crippen LogP contribution in [-0.4, -0.2) is 40.3 Å². The van der Waals surface area contributed by atoms with Crippen molar-refractivity contribution in [2.75, 3.05) is 6.54 Å². The number of amides is 2. The van der Waals surface area contributed by atoms with Crippen LogP contribution >= 0.6 is 11.6 Å². The van der Waals surface area contributed by atoms with Gasteiger partial charge in [0, 0.05) is 0 Å². The third kappa shape index (κ3) is 3.12. The lowest BCUT2D eigenvalue weighted by Crippen LogP contribution is -2.83. The summed E-state index contributed by atoms with van der Waals surface area (Å²) >= 11 is 5.71. The van der Waals surface area contributed by atoms with Gasteiger partial charge in [-0.2, -0.15) is 0 Å². The molecule has 1 saturated heterocycles. The summed E-state index contributed by atoms with van der Waals surface area (Å²) in [5.41, 5.74) is -0.551. The molecular formula is C19H22ClFN2O4. The minimum absolute atomic E-state index is 0.0366. The van der Waals surface area contributed by atoms with Crippen LogP contribution in [0.15, 0.2) is 18.2 Å². The second kappa shape index (κ2) is 5.74. The van der Waals surface area contributed by atoms with E-state index in [4.69, 9.17) is 21.1 Å². The average Bonchev–Trinajstić information content (AvgIpc) is 2.84. The third-order valence-corrected chi connectivity index (χ3v) is 5.77. The van der Waals surface area contributed by atoms with Gasteiger partial charge in [0.05, 0.1) is 22.6 Å². The Kier molecular flexibility index (Phi) is 3.90. The highest BCUT2D eigenvalue weighted by Gasteiger charge is 2.73. The molecule has 1 aromatic rings. The fourth-order valence-corrected chi connectivity index (χ4v) is 4.53. The van der Waals surface area contributed by atoms with E-state index in [1.807, 2.05) is 20.8 Å².